The summed E-state index contributed by atoms with van der Waals surface area (Å²) in [7, 11) is 0. The molecular formula is C9H9BrF2O. The Kier molecular flexibility index (Phi) is 3.81. The maximum atomic E-state index is 12.0. The average molecular weight is 251 g/mol. The van der Waals surface area contributed by atoms with Crippen LogP contribution in [0.5, 0.6) is 0 Å². The molecule has 1 atom stereocenters. The minimum Gasteiger partial charge on any atom is -0.387 e. The van der Waals surface area contributed by atoms with Crippen molar-refractivity contribution in [3.8, 4) is 0 Å². The Labute approximate surface area is 83.5 Å². The van der Waals surface area contributed by atoms with Crippen LogP contribution in [0.15, 0.2) is 28.7 Å². The topological polar surface area (TPSA) is 20.2 Å². The molecule has 1 aromatic rings. The highest BCUT2D eigenvalue weighted by atomic mass is 79.9. The molecule has 13 heavy (non-hydrogen) atoms. The van der Waals surface area contributed by atoms with E-state index in [2.05, 4.69) is 15.9 Å². The maximum absolute atomic E-state index is 12.0. The Morgan fingerprint density at radius 2 is 2.08 bits per heavy atom. The number of rotatable bonds is 3. The van der Waals surface area contributed by atoms with E-state index in [9.17, 15) is 8.78 Å². The summed E-state index contributed by atoms with van der Waals surface area (Å²) in [6, 6.07) is 6.97. The molecule has 1 unspecified atom stereocenters. The van der Waals surface area contributed by atoms with E-state index in [1.54, 1.807) is 24.3 Å². The van der Waals surface area contributed by atoms with E-state index in [0.717, 1.165) is 4.47 Å². The second kappa shape index (κ2) is 4.67. The number of aliphatic hydroxyl groups excluding tert-OH is 1. The summed E-state index contributed by atoms with van der Waals surface area (Å²) in [5, 5.41) is 8.91. The molecule has 72 valence electrons. The third kappa shape index (κ3) is 3.40. The van der Waals surface area contributed by atoms with E-state index in [-0.39, 0.29) is 6.42 Å². The second-order valence-electron chi connectivity index (χ2n) is 2.74. The molecule has 0 aliphatic rings. The molecule has 0 aromatic heterocycles. The first kappa shape index (κ1) is 10.6. The minimum absolute atomic E-state index is 0.0168. The van der Waals surface area contributed by atoms with E-state index in [1.165, 1.54) is 0 Å². The molecule has 0 saturated heterocycles. The molecule has 0 aliphatic heterocycles. The van der Waals surface area contributed by atoms with Gasteiger partial charge in [0.2, 0.25) is 0 Å². The highest BCUT2D eigenvalue weighted by molar-refractivity contribution is 9.10. The van der Waals surface area contributed by atoms with Crippen LogP contribution in [0.25, 0.3) is 0 Å². The third-order valence-corrected chi connectivity index (χ3v) is 2.12. The van der Waals surface area contributed by atoms with Gasteiger partial charge in [0.1, 0.15) is 6.10 Å². The predicted octanol–water partition coefficient (Wildman–Crippen LogP) is 2.62. The first-order valence-electron chi connectivity index (χ1n) is 3.80. The van der Waals surface area contributed by atoms with Gasteiger partial charge >= 0.3 is 0 Å². The van der Waals surface area contributed by atoms with Gasteiger partial charge in [-0.3, -0.25) is 0 Å². The third-order valence-electron chi connectivity index (χ3n) is 1.62. The lowest BCUT2D eigenvalue weighted by Gasteiger charge is -2.08. The number of benzene rings is 1. The lowest BCUT2D eigenvalue weighted by molar-refractivity contribution is -0.00366. The number of alkyl halides is 2. The molecule has 4 heteroatoms. The Morgan fingerprint density at radius 1 is 1.38 bits per heavy atom. The number of aliphatic hydroxyl groups is 1. The van der Waals surface area contributed by atoms with Crippen molar-refractivity contribution in [1.82, 2.24) is 0 Å². The fourth-order valence-electron chi connectivity index (χ4n) is 0.995. The Morgan fingerprint density at radius 3 is 2.62 bits per heavy atom. The van der Waals surface area contributed by atoms with Gasteiger partial charge in [0.15, 0.2) is 0 Å². The van der Waals surface area contributed by atoms with Crippen molar-refractivity contribution < 1.29 is 13.9 Å². The van der Waals surface area contributed by atoms with Crippen LogP contribution in [0.2, 0.25) is 0 Å². The van der Waals surface area contributed by atoms with Crippen LogP contribution in [0.4, 0.5) is 8.78 Å². The molecular weight excluding hydrogens is 242 g/mol. The van der Waals surface area contributed by atoms with Crippen molar-refractivity contribution in [2.24, 2.45) is 0 Å². The van der Waals surface area contributed by atoms with Gasteiger partial charge in [-0.05, 0) is 17.7 Å². The summed E-state index contributed by atoms with van der Waals surface area (Å²) in [5.74, 6) is 0. The van der Waals surface area contributed by atoms with Crippen molar-refractivity contribution in [1.29, 1.82) is 0 Å². The maximum Gasteiger partial charge on any atom is 0.264 e. The van der Waals surface area contributed by atoms with Crippen LogP contribution in [-0.2, 0) is 6.42 Å². The Hall–Kier alpha value is -0.480. The minimum atomic E-state index is -2.68. The zero-order valence-corrected chi connectivity index (χ0v) is 8.34. The second-order valence-corrected chi connectivity index (χ2v) is 3.65. The van der Waals surface area contributed by atoms with Gasteiger partial charge < -0.3 is 5.11 Å². The molecule has 0 aliphatic carbocycles. The molecule has 0 heterocycles. The summed E-state index contributed by atoms with van der Waals surface area (Å²) in [6.45, 7) is 0. The van der Waals surface area contributed by atoms with Crippen LogP contribution < -0.4 is 0 Å². The van der Waals surface area contributed by atoms with E-state index >= 15 is 0 Å². The van der Waals surface area contributed by atoms with Crippen LogP contribution in [0.3, 0.4) is 0 Å². The lowest BCUT2D eigenvalue weighted by Crippen LogP contribution is -2.19. The normalized spacial score (nSPS) is 13.3. The zero-order valence-electron chi connectivity index (χ0n) is 6.75. The van der Waals surface area contributed by atoms with Gasteiger partial charge in [0.25, 0.3) is 6.43 Å². The van der Waals surface area contributed by atoms with Gasteiger partial charge in [-0.1, -0.05) is 28.1 Å². The van der Waals surface area contributed by atoms with E-state index in [0.29, 0.717) is 5.56 Å². The summed E-state index contributed by atoms with van der Waals surface area (Å²) in [5.41, 5.74) is 0.696. The summed E-state index contributed by atoms with van der Waals surface area (Å²) in [6.07, 6.45) is -4.27. The van der Waals surface area contributed by atoms with Gasteiger partial charge in [-0.15, -0.1) is 0 Å². The molecule has 0 radical (unpaired) electrons. The average Bonchev–Trinajstić information content (AvgIpc) is 2.04. The molecule has 0 fully saturated rings. The highest BCUT2D eigenvalue weighted by Crippen LogP contribution is 2.14. The van der Waals surface area contributed by atoms with Gasteiger partial charge in [-0.25, -0.2) is 8.78 Å². The summed E-state index contributed by atoms with van der Waals surface area (Å²) in [4.78, 5) is 0. The van der Waals surface area contributed by atoms with Gasteiger partial charge in [-0.2, -0.15) is 0 Å². The van der Waals surface area contributed by atoms with Crippen LogP contribution in [-0.4, -0.2) is 17.6 Å². The van der Waals surface area contributed by atoms with Crippen molar-refractivity contribution in [3.63, 3.8) is 0 Å². The van der Waals surface area contributed by atoms with Crippen LogP contribution in [0.1, 0.15) is 5.56 Å². The molecule has 1 N–H and O–H groups in total. The van der Waals surface area contributed by atoms with Gasteiger partial charge in [0.05, 0.1) is 0 Å². The standard InChI is InChI=1S/C9H9BrF2O/c10-7-3-1-2-6(4-7)5-8(13)9(11)12/h1-4,8-9,13H,5H2. The molecule has 0 amide bonds. The summed E-state index contributed by atoms with van der Waals surface area (Å²) < 4.78 is 24.7. The van der Waals surface area contributed by atoms with E-state index in [4.69, 9.17) is 5.11 Å². The fourth-order valence-corrected chi connectivity index (χ4v) is 1.44. The van der Waals surface area contributed by atoms with Gasteiger partial charge in [0, 0.05) is 10.9 Å². The Bertz CT molecular complexity index is 278. The lowest BCUT2D eigenvalue weighted by atomic mass is 10.1. The van der Waals surface area contributed by atoms with Crippen LogP contribution in [0, 0.1) is 0 Å². The van der Waals surface area contributed by atoms with Crippen molar-refractivity contribution >= 4 is 15.9 Å². The molecule has 0 saturated carbocycles. The van der Waals surface area contributed by atoms with Crippen molar-refractivity contribution in [2.75, 3.05) is 0 Å². The fraction of sp³-hybridized carbons (Fsp3) is 0.333. The first-order valence-corrected chi connectivity index (χ1v) is 4.59. The Balaban J connectivity index is 2.64. The predicted molar refractivity (Wildman–Crippen MR) is 49.9 cm³/mol. The molecule has 0 spiro atoms. The molecule has 1 nitrogen and oxygen atoms in total. The monoisotopic (exact) mass is 250 g/mol. The first-order chi connectivity index (χ1) is 6.09. The molecule has 1 rings (SSSR count). The zero-order chi connectivity index (χ0) is 9.84. The SMILES string of the molecule is OC(Cc1cccc(Br)c1)C(F)F. The van der Waals surface area contributed by atoms with E-state index < -0.39 is 12.5 Å². The number of hydrogen-bond donors (Lipinski definition) is 1. The molecule has 0 bridgehead atoms. The smallest absolute Gasteiger partial charge is 0.264 e. The largest absolute Gasteiger partial charge is 0.387 e. The highest BCUT2D eigenvalue weighted by Gasteiger charge is 2.16. The molecule has 1 aromatic carbocycles. The quantitative estimate of drug-likeness (QED) is 0.875. The van der Waals surface area contributed by atoms with Crippen molar-refractivity contribution in [2.45, 2.75) is 19.0 Å². The van der Waals surface area contributed by atoms with Crippen molar-refractivity contribution in [3.05, 3.63) is 34.3 Å². The van der Waals surface area contributed by atoms with E-state index in [1.807, 2.05) is 0 Å². The summed E-state index contributed by atoms with van der Waals surface area (Å²) >= 11 is 3.22. The van der Waals surface area contributed by atoms with Crippen LogP contribution >= 0.6 is 15.9 Å². The number of hydrogen-bond acceptors (Lipinski definition) is 1. The number of halogens is 3.